The van der Waals surface area contributed by atoms with Gasteiger partial charge in [-0.05, 0) is 62.4 Å². The van der Waals surface area contributed by atoms with Crippen LogP contribution < -0.4 is 5.32 Å². The average molecular weight is 355 g/mol. The summed E-state index contributed by atoms with van der Waals surface area (Å²) in [5, 5.41) is 6.86. The smallest absolute Gasteiger partial charge is 0.278 e. The molecule has 0 bridgehead atoms. The number of anilines is 1. The van der Waals surface area contributed by atoms with Crippen molar-refractivity contribution in [3.8, 4) is 0 Å². The van der Waals surface area contributed by atoms with Gasteiger partial charge >= 0.3 is 0 Å². The predicted molar refractivity (Wildman–Crippen MR) is 92.2 cm³/mol. The Balaban J connectivity index is 1.88. The maximum atomic E-state index is 13.0. The van der Waals surface area contributed by atoms with E-state index < -0.39 is 23.4 Å². The van der Waals surface area contributed by atoms with E-state index in [2.05, 4.69) is 10.4 Å². The number of nitrogens with one attached hydrogen (secondary N) is 1. The molecule has 0 aliphatic rings. The largest absolute Gasteiger partial charge is 0.319 e. The second-order valence-corrected chi connectivity index (χ2v) is 5.73. The van der Waals surface area contributed by atoms with Crippen molar-refractivity contribution in [3.05, 3.63) is 82.7 Å². The van der Waals surface area contributed by atoms with Crippen molar-refractivity contribution in [2.45, 2.75) is 13.8 Å². The van der Waals surface area contributed by atoms with Crippen LogP contribution in [0, 0.1) is 25.5 Å². The van der Waals surface area contributed by atoms with E-state index in [0.29, 0.717) is 17.1 Å². The van der Waals surface area contributed by atoms with Crippen LogP contribution in [0.3, 0.4) is 0 Å². The fourth-order valence-electron chi connectivity index (χ4n) is 2.52. The van der Waals surface area contributed by atoms with Crippen molar-refractivity contribution in [1.29, 1.82) is 0 Å². The molecule has 3 aromatic rings. The lowest BCUT2D eigenvalue weighted by Crippen LogP contribution is -2.16. The molecule has 0 spiro atoms. The van der Waals surface area contributed by atoms with Crippen LogP contribution >= 0.6 is 0 Å². The monoisotopic (exact) mass is 355 g/mol. The Hall–Kier alpha value is -3.35. The van der Waals surface area contributed by atoms with Crippen molar-refractivity contribution in [1.82, 2.24) is 9.78 Å². The topological polar surface area (TPSA) is 64.0 Å². The number of hydrogen-bond acceptors (Lipinski definition) is 3. The van der Waals surface area contributed by atoms with E-state index in [1.165, 1.54) is 48.5 Å². The van der Waals surface area contributed by atoms with Crippen molar-refractivity contribution in [2.24, 2.45) is 0 Å². The highest BCUT2D eigenvalue weighted by Crippen LogP contribution is 2.21. The predicted octanol–water partition coefficient (Wildman–Crippen LogP) is 3.72. The van der Waals surface area contributed by atoms with Gasteiger partial charge in [-0.3, -0.25) is 9.59 Å². The second kappa shape index (κ2) is 6.87. The Morgan fingerprint density at radius 2 is 1.38 bits per heavy atom. The first-order chi connectivity index (χ1) is 12.4. The van der Waals surface area contributed by atoms with E-state index in [9.17, 15) is 18.4 Å². The number of benzene rings is 2. The molecule has 1 amide bonds. The van der Waals surface area contributed by atoms with E-state index >= 15 is 0 Å². The maximum Gasteiger partial charge on any atom is 0.278 e. The number of rotatable bonds is 3. The summed E-state index contributed by atoms with van der Waals surface area (Å²) in [7, 11) is 0. The molecular weight excluding hydrogens is 340 g/mol. The van der Waals surface area contributed by atoms with Crippen molar-refractivity contribution < 1.29 is 18.4 Å². The van der Waals surface area contributed by atoms with Gasteiger partial charge in [0.15, 0.2) is 0 Å². The van der Waals surface area contributed by atoms with Crippen LogP contribution in [0.1, 0.15) is 32.1 Å². The zero-order chi connectivity index (χ0) is 18.8. The lowest BCUT2D eigenvalue weighted by molar-refractivity contribution is 0.0941. The summed E-state index contributed by atoms with van der Waals surface area (Å²) in [6.45, 7) is 3.30. The highest BCUT2D eigenvalue weighted by atomic mass is 19.1. The zero-order valence-electron chi connectivity index (χ0n) is 14.1. The third-order valence-electron chi connectivity index (χ3n) is 3.92. The number of halogens is 2. The molecule has 7 heteroatoms. The first-order valence-electron chi connectivity index (χ1n) is 7.80. The maximum absolute atomic E-state index is 13.0. The van der Waals surface area contributed by atoms with Gasteiger partial charge in [0, 0.05) is 11.1 Å². The molecule has 132 valence electrons. The Morgan fingerprint density at radius 1 is 0.885 bits per heavy atom. The zero-order valence-corrected chi connectivity index (χ0v) is 14.1. The van der Waals surface area contributed by atoms with Gasteiger partial charge in [-0.2, -0.15) is 9.78 Å². The van der Waals surface area contributed by atoms with Crippen molar-refractivity contribution in [3.63, 3.8) is 0 Å². The fourth-order valence-corrected chi connectivity index (χ4v) is 2.52. The van der Waals surface area contributed by atoms with Gasteiger partial charge in [0.25, 0.3) is 11.8 Å². The van der Waals surface area contributed by atoms with Crippen molar-refractivity contribution >= 4 is 17.5 Å². The Morgan fingerprint density at radius 3 is 1.92 bits per heavy atom. The van der Waals surface area contributed by atoms with Gasteiger partial charge < -0.3 is 5.32 Å². The van der Waals surface area contributed by atoms with Gasteiger partial charge in [-0.15, -0.1) is 0 Å². The van der Waals surface area contributed by atoms with E-state index in [0.717, 1.165) is 4.68 Å². The summed E-state index contributed by atoms with van der Waals surface area (Å²) in [4.78, 5) is 24.9. The summed E-state index contributed by atoms with van der Waals surface area (Å²) >= 11 is 0. The molecule has 26 heavy (non-hydrogen) atoms. The molecule has 0 fully saturated rings. The molecule has 0 aliphatic carbocycles. The van der Waals surface area contributed by atoms with Gasteiger partial charge in [-0.1, -0.05) is 0 Å². The Labute approximate surface area is 148 Å². The van der Waals surface area contributed by atoms with E-state index in [1.807, 2.05) is 0 Å². The van der Waals surface area contributed by atoms with E-state index in [4.69, 9.17) is 0 Å². The second-order valence-electron chi connectivity index (χ2n) is 5.73. The minimum Gasteiger partial charge on any atom is -0.319 e. The molecule has 0 saturated heterocycles. The molecule has 0 aliphatic heterocycles. The van der Waals surface area contributed by atoms with Crippen molar-refractivity contribution in [2.75, 3.05) is 5.32 Å². The first-order valence-corrected chi connectivity index (χ1v) is 7.80. The third kappa shape index (κ3) is 3.37. The number of carbonyl (C=O) groups is 2. The third-order valence-corrected chi connectivity index (χ3v) is 3.92. The SMILES string of the molecule is Cc1nn(C(=O)c2ccc(F)cc2)c(C)c1NC(=O)c1ccc(F)cc1. The van der Waals surface area contributed by atoms with E-state index in [1.54, 1.807) is 13.8 Å². The molecule has 2 aromatic carbocycles. The molecule has 0 unspecified atom stereocenters. The fraction of sp³-hybridized carbons (Fsp3) is 0.105. The Bertz CT molecular complexity index is 977. The minimum absolute atomic E-state index is 0.272. The first kappa shape index (κ1) is 17.5. The number of aromatic nitrogens is 2. The number of amides is 1. The molecule has 0 atom stereocenters. The summed E-state index contributed by atoms with van der Waals surface area (Å²) < 4.78 is 27.2. The molecular formula is C19H15F2N3O2. The van der Waals surface area contributed by atoms with Gasteiger partial charge in [0.2, 0.25) is 0 Å². The molecule has 3 rings (SSSR count). The molecule has 5 nitrogen and oxygen atoms in total. The summed E-state index contributed by atoms with van der Waals surface area (Å²) in [5.74, 6) is -1.76. The van der Waals surface area contributed by atoms with Crippen LogP contribution in [0.15, 0.2) is 48.5 Å². The number of carbonyl (C=O) groups excluding carboxylic acids is 2. The standard InChI is InChI=1S/C19H15F2N3O2/c1-11-17(22-18(25)13-3-7-15(20)8-4-13)12(2)24(23-11)19(26)14-5-9-16(21)10-6-14/h3-10H,1-2H3,(H,22,25). The summed E-state index contributed by atoms with van der Waals surface area (Å²) in [6, 6.07) is 10.2. The van der Waals surface area contributed by atoms with Crippen LogP contribution in [0.4, 0.5) is 14.5 Å². The number of hydrogen-bond donors (Lipinski definition) is 1. The van der Waals surface area contributed by atoms with Crippen LogP contribution in [0.2, 0.25) is 0 Å². The summed E-state index contributed by atoms with van der Waals surface area (Å²) in [6.07, 6.45) is 0. The number of nitrogens with zero attached hydrogens (tertiary/aromatic N) is 2. The normalized spacial score (nSPS) is 10.6. The highest BCUT2D eigenvalue weighted by Gasteiger charge is 2.20. The van der Waals surface area contributed by atoms with Gasteiger partial charge in [0.05, 0.1) is 17.1 Å². The van der Waals surface area contributed by atoms with Gasteiger partial charge in [0.1, 0.15) is 11.6 Å². The lowest BCUT2D eigenvalue weighted by Gasteiger charge is -2.07. The summed E-state index contributed by atoms with van der Waals surface area (Å²) in [5.41, 5.74) is 1.84. The molecule has 1 aromatic heterocycles. The van der Waals surface area contributed by atoms with E-state index in [-0.39, 0.29) is 11.1 Å². The van der Waals surface area contributed by atoms with Crippen LogP contribution in [-0.2, 0) is 0 Å². The van der Waals surface area contributed by atoms with Crippen LogP contribution in [0.5, 0.6) is 0 Å². The molecule has 0 saturated carbocycles. The van der Waals surface area contributed by atoms with Gasteiger partial charge in [-0.25, -0.2) is 8.78 Å². The average Bonchev–Trinajstić information content (AvgIpc) is 2.90. The van der Waals surface area contributed by atoms with Crippen LogP contribution in [0.25, 0.3) is 0 Å². The van der Waals surface area contributed by atoms with Crippen LogP contribution in [-0.4, -0.2) is 21.6 Å². The Kier molecular flexibility index (Phi) is 4.62. The number of aryl methyl sites for hydroxylation is 1. The lowest BCUT2D eigenvalue weighted by atomic mass is 10.2. The minimum atomic E-state index is -0.442. The highest BCUT2D eigenvalue weighted by molar-refractivity contribution is 6.05. The molecule has 1 heterocycles. The molecule has 0 radical (unpaired) electrons. The molecule has 1 N–H and O–H groups in total. The quantitative estimate of drug-likeness (QED) is 0.779.